The van der Waals surface area contributed by atoms with E-state index in [9.17, 15) is 4.39 Å². The highest BCUT2D eigenvalue weighted by Crippen LogP contribution is 2.37. The molecule has 134 valence electrons. The zero-order valence-electron chi connectivity index (χ0n) is 16.2. The summed E-state index contributed by atoms with van der Waals surface area (Å²) in [7, 11) is 2.09. The lowest BCUT2D eigenvalue weighted by molar-refractivity contribution is -0.659. The van der Waals surface area contributed by atoms with Gasteiger partial charge >= 0.3 is 0 Å². The summed E-state index contributed by atoms with van der Waals surface area (Å²) in [5.41, 5.74) is 6.28. The van der Waals surface area contributed by atoms with Crippen molar-refractivity contribution in [2.24, 2.45) is 7.05 Å². The van der Waals surface area contributed by atoms with E-state index in [1.807, 2.05) is 26.8 Å². The second-order valence-electron chi connectivity index (χ2n) is 7.91. The first-order valence-corrected chi connectivity index (χ1v) is 9.66. The van der Waals surface area contributed by atoms with Crippen molar-refractivity contribution >= 4 is 10.8 Å². The van der Waals surface area contributed by atoms with Gasteiger partial charge in [-0.05, 0) is 79.3 Å². The van der Waals surface area contributed by atoms with E-state index >= 15 is 0 Å². The third-order valence-electron chi connectivity index (χ3n) is 6.25. The minimum absolute atomic E-state index is 0.0826. The van der Waals surface area contributed by atoms with Crippen LogP contribution < -0.4 is 4.57 Å². The SMILES string of the molecule is Cc1cc(-c2c3cc(C4CCCC4)ccc3cc[n+]2C)c(C)c(C)c1F. The molecule has 0 spiro atoms. The minimum Gasteiger partial charge on any atom is -0.206 e. The van der Waals surface area contributed by atoms with E-state index in [4.69, 9.17) is 0 Å². The quantitative estimate of drug-likeness (QED) is 0.496. The predicted molar refractivity (Wildman–Crippen MR) is 106 cm³/mol. The van der Waals surface area contributed by atoms with Crippen molar-refractivity contribution in [3.05, 3.63) is 64.6 Å². The van der Waals surface area contributed by atoms with Crippen LogP contribution in [0.2, 0.25) is 0 Å². The first kappa shape index (κ1) is 17.2. The van der Waals surface area contributed by atoms with Gasteiger partial charge in [-0.25, -0.2) is 8.96 Å². The molecule has 1 fully saturated rings. The third-order valence-corrected chi connectivity index (χ3v) is 6.25. The van der Waals surface area contributed by atoms with Gasteiger partial charge in [-0.2, -0.15) is 0 Å². The van der Waals surface area contributed by atoms with Crippen molar-refractivity contribution in [1.29, 1.82) is 0 Å². The molecule has 0 atom stereocenters. The fourth-order valence-corrected chi connectivity index (χ4v) is 4.53. The molecule has 0 saturated heterocycles. The molecule has 1 saturated carbocycles. The summed E-state index contributed by atoms with van der Waals surface area (Å²) in [5.74, 6) is 0.608. The van der Waals surface area contributed by atoms with E-state index in [-0.39, 0.29) is 5.82 Å². The number of hydrogen-bond donors (Lipinski definition) is 0. The second-order valence-corrected chi connectivity index (χ2v) is 7.91. The fraction of sp³-hybridized carbons (Fsp3) is 0.375. The van der Waals surface area contributed by atoms with Crippen LogP contribution in [0.25, 0.3) is 22.0 Å². The molecular formula is C24H27FN+. The van der Waals surface area contributed by atoms with Crippen LogP contribution in [0.5, 0.6) is 0 Å². The largest absolute Gasteiger partial charge is 0.220 e. The molecule has 0 radical (unpaired) electrons. The number of aryl methyl sites for hydroxylation is 2. The molecule has 0 amide bonds. The van der Waals surface area contributed by atoms with Gasteiger partial charge in [0.2, 0.25) is 5.69 Å². The lowest BCUT2D eigenvalue weighted by atomic mass is 9.91. The number of aromatic nitrogens is 1. The topological polar surface area (TPSA) is 3.88 Å². The van der Waals surface area contributed by atoms with Crippen LogP contribution >= 0.6 is 0 Å². The van der Waals surface area contributed by atoms with Crippen LogP contribution in [0, 0.1) is 26.6 Å². The van der Waals surface area contributed by atoms with Gasteiger partial charge in [0, 0.05) is 6.07 Å². The molecule has 1 aliphatic rings. The highest BCUT2D eigenvalue weighted by atomic mass is 19.1. The van der Waals surface area contributed by atoms with Crippen LogP contribution in [0.1, 0.15) is 53.9 Å². The van der Waals surface area contributed by atoms with Gasteiger partial charge in [-0.3, -0.25) is 0 Å². The van der Waals surface area contributed by atoms with Gasteiger partial charge < -0.3 is 0 Å². The van der Waals surface area contributed by atoms with E-state index in [0.29, 0.717) is 11.5 Å². The molecule has 0 aliphatic heterocycles. The van der Waals surface area contributed by atoms with Crippen molar-refractivity contribution < 1.29 is 8.96 Å². The molecule has 3 aromatic rings. The number of benzene rings is 2. The molecular weight excluding hydrogens is 321 g/mol. The zero-order valence-corrected chi connectivity index (χ0v) is 16.2. The summed E-state index contributed by atoms with van der Waals surface area (Å²) < 4.78 is 16.5. The molecule has 0 N–H and O–H groups in total. The van der Waals surface area contributed by atoms with E-state index in [1.54, 1.807) is 0 Å². The van der Waals surface area contributed by atoms with Crippen LogP contribution in [0.3, 0.4) is 0 Å². The van der Waals surface area contributed by atoms with Gasteiger partial charge in [0.25, 0.3) is 0 Å². The van der Waals surface area contributed by atoms with Gasteiger partial charge in [-0.15, -0.1) is 0 Å². The Bertz CT molecular complexity index is 997. The van der Waals surface area contributed by atoms with Gasteiger partial charge in [0.05, 0.1) is 10.9 Å². The van der Waals surface area contributed by atoms with Crippen molar-refractivity contribution in [3.63, 3.8) is 0 Å². The highest BCUT2D eigenvalue weighted by molar-refractivity contribution is 5.94. The Morgan fingerprint density at radius 1 is 0.962 bits per heavy atom. The van der Waals surface area contributed by atoms with Crippen LogP contribution in [0.4, 0.5) is 4.39 Å². The van der Waals surface area contributed by atoms with Crippen molar-refractivity contribution in [3.8, 4) is 11.3 Å². The lowest BCUT2D eigenvalue weighted by Crippen LogP contribution is -2.31. The van der Waals surface area contributed by atoms with Crippen molar-refractivity contribution in [2.45, 2.75) is 52.4 Å². The van der Waals surface area contributed by atoms with Gasteiger partial charge in [0.15, 0.2) is 6.20 Å². The third kappa shape index (κ3) is 2.72. The molecule has 2 heteroatoms. The lowest BCUT2D eigenvalue weighted by Gasteiger charge is -2.14. The Balaban J connectivity index is 2.00. The molecule has 2 aromatic carbocycles. The van der Waals surface area contributed by atoms with Crippen LogP contribution in [0.15, 0.2) is 36.5 Å². The Kier molecular flexibility index (Phi) is 4.30. The first-order valence-electron chi connectivity index (χ1n) is 9.66. The average molecular weight is 348 g/mol. The number of fused-ring (bicyclic) bond motifs is 1. The normalized spacial score (nSPS) is 15.1. The van der Waals surface area contributed by atoms with E-state index in [2.05, 4.69) is 42.1 Å². The molecule has 26 heavy (non-hydrogen) atoms. The van der Waals surface area contributed by atoms with Crippen LogP contribution in [-0.4, -0.2) is 0 Å². The Hall–Kier alpha value is -2.22. The maximum Gasteiger partial charge on any atom is 0.220 e. The number of hydrogen-bond acceptors (Lipinski definition) is 0. The van der Waals surface area contributed by atoms with Crippen molar-refractivity contribution in [1.82, 2.24) is 0 Å². The number of rotatable bonds is 2. The fourth-order valence-electron chi connectivity index (χ4n) is 4.53. The standard InChI is InChI=1S/C24H27FN/c1-15-13-21(16(2)17(3)23(15)25)24-22-14-20(18-7-5-6-8-18)10-9-19(22)11-12-26(24)4/h9-14,18H,5-8H2,1-4H3/q+1. The predicted octanol–water partition coefficient (Wildman–Crippen LogP) is 6.05. The highest BCUT2D eigenvalue weighted by Gasteiger charge is 2.23. The van der Waals surface area contributed by atoms with Gasteiger partial charge in [-0.1, -0.05) is 25.0 Å². The summed E-state index contributed by atoms with van der Waals surface area (Å²) in [4.78, 5) is 0. The molecule has 1 aliphatic carbocycles. The summed E-state index contributed by atoms with van der Waals surface area (Å²) in [6, 6.07) is 11.1. The summed E-state index contributed by atoms with van der Waals surface area (Å²) in [6.07, 6.45) is 7.39. The maximum atomic E-state index is 14.4. The Morgan fingerprint density at radius 2 is 1.69 bits per heavy atom. The second kappa shape index (κ2) is 6.50. The zero-order chi connectivity index (χ0) is 18.4. The number of pyridine rings is 1. The van der Waals surface area contributed by atoms with Crippen molar-refractivity contribution in [2.75, 3.05) is 0 Å². The minimum atomic E-state index is -0.0826. The molecule has 0 bridgehead atoms. The monoisotopic (exact) mass is 348 g/mol. The molecule has 1 nitrogen and oxygen atoms in total. The Morgan fingerprint density at radius 3 is 2.42 bits per heavy atom. The maximum absolute atomic E-state index is 14.4. The average Bonchev–Trinajstić information content (AvgIpc) is 3.18. The van der Waals surface area contributed by atoms with E-state index < -0.39 is 0 Å². The smallest absolute Gasteiger partial charge is 0.206 e. The van der Waals surface area contributed by atoms with Crippen LogP contribution in [-0.2, 0) is 7.05 Å². The summed E-state index contributed by atoms with van der Waals surface area (Å²) in [6.45, 7) is 5.78. The molecule has 4 rings (SSSR count). The van der Waals surface area contributed by atoms with E-state index in [1.165, 1.54) is 47.7 Å². The molecule has 0 unspecified atom stereocenters. The van der Waals surface area contributed by atoms with E-state index in [0.717, 1.165) is 16.7 Å². The molecule has 1 aromatic heterocycles. The Labute approximate surface area is 155 Å². The summed E-state index contributed by atoms with van der Waals surface area (Å²) >= 11 is 0. The number of nitrogens with zero attached hydrogens (tertiary/aromatic N) is 1. The number of halogens is 1. The van der Waals surface area contributed by atoms with Gasteiger partial charge in [0.1, 0.15) is 12.9 Å². The first-order chi connectivity index (χ1) is 12.5. The summed E-state index contributed by atoms with van der Waals surface area (Å²) in [5, 5.41) is 2.52. The molecule has 1 heterocycles.